The first-order valence-corrected chi connectivity index (χ1v) is 8.17. The van der Waals surface area contributed by atoms with Gasteiger partial charge in [-0.3, -0.25) is 4.68 Å². The monoisotopic (exact) mass is 280 g/mol. The van der Waals surface area contributed by atoms with Gasteiger partial charge >= 0.3 is 0 Å². The molecule has 0 radical (unpaired) electrons. The fraction of sp³-hybridized carbons (Fsp3) is 0.812. The van der Waals surface area contributed by atoms with Crippen molar-refractivity contribution in [3.05, 3.63) is 18.0 Å². The molecule has 0 aliphatic rings. The van der Waals surface area contributed by atoms with E-state index in [1.807, 2.05) is 6.20 Å². The summed E-state index contributed by atoms with van der Waals surface area (Å²) in [6.45, 7) is 14.4. The maximum absolute atomic E-state index is 4.36. The summed E-state index contributed by atoms with van der Waals surface area (Å²) in [6, 6.07) is 2.68. The predicted octanol–water partition coefficient (Wildman–Crippen LogP) is 2.89. The van der Waals surface area contributed by atoms with Crippen LogP contribution in [0.5, 0.6) is 0 Å². The van der Waals surface area contributed by atoms with E-state index < -0.39 is 0 Å². The van der Waals surface area contributed by atoms with Crippen LogP contribution in [0.3, 0.4) is 0 Å². The first-order chi connectivity index (χ1) is 9.71. The lowest BCUT2D eigenvalue weighted by atomic mass is 10.1. The molecule has 1 N–H and O–H groups in total. The summed E-state index contributed by atoms with van der Waals surface area (Å²) in [5.41, 5.74) is 1.29. The Morgan fingerprint density at radius 1 is 1.30 bits per heavy atom. The molecule has 116 valence electrons. The summed E-state index contributed by atoms with van der Waals surface area (Å²) in [6.07, 6.45) is 5.54. The van der Waals surface area contributed by atoms with E-state index in [1.54, 1.807) is 0 Å². The van der Waals surface area contributed by atoms with Crippen molar-refractivity contribution in [1.82, 2.24) is 20.0 Å². The highest BCUT2D eigenvalue weighted by Crippen LogP contribution is 2.03. The van der Waals surface area contributed by atoms with E-state index >= 15 is 0 Å². The van der Waals surface area contributed by atoms with Crippen molar-refractivity contribution < 1.29 is 0 Å². The van der Waals surface area contributed by atoms with Gasteiger partial charge in [0.1, 0.15) is 0 Å². The van der Waals surface area contributed by atoms with E-state index in [9.17, 15) is 0 Å². The fourth-order valence-electron chi connectivity index (χ4n) is 2.47. The zero-order valence-electron chi connectivity index (χ0n) is 13.7. The van der Waals surface area contributed by atoms with Crippen LogP contribution in [0.2, 0.25) is 0 Å². The Bertz CT molecular complexity index is 344. The molecule has 0 bridgehead atoms. The van der Waals surface area contributed by atoms with E-state index in [-0.39, 0.29) is 0 Å². The lowest BCUT2D eigenvalue weighted by molar-refractivity contribution is 0.290. The van der Waals surface area contributed by atoms with Crippen LogP contribution in [0.1, 0.15) is 52.7 Å². The Morgan fingerprint density at radius 3 is 2.70 bits per heavy atom. The highest BCUT2D eigenvalue weighted by atomic mass is 15.3. The van der Waals surface area contributed by atoms with Crippen molar-refractivity contribution in [2.75, 3.05) is 19.6 Å². The predicted molar refractivity (Wildman–Crippen MR) is 85.8 cm³/mol. The molecule has 0 amide bonds. The summed E-state index contributed by atoms with van der Waals surface area (Å²) in [4.78, 5) is 2.49. The van der Waals surface area contributed by atoms with Gasteiger partial charge in [-0.25, -0.2) is 0 Å². The van der Waals surface area contributed by atoms with Crippen LogP contribution in [0.25, 0.3) is 0 Å². The normalized spacial score (nSPS) is 13.1. The quantitative estimate of drug-likeness (QED) is 0.676. The lowest BCUT2D eigenvalue weighted by Crippen LogP contribution is -2.29. The minimum absolute atomic E-state index is 0.565. The molecule has 0 aromatic carbocycles. The second kappa shape index (κ2) is 9.94. The molecular formula is C16H32N4. The van der Waals surface area contributed by atoms with Gasteiger partial charge in [-0.05, 0) is 51.9 Å². The Labute approximate surface area is 124 Å². The smallest absolute Gasteiger partial charge is 0.0522 e. The minimum Gasteiger partial charge on any atom is -0.309 e. The van der Waals surface area contributed by atoms with Gasteiger partial charge in [-0.15, -0.1) is 0 Å². The molecule has 1 aromatic heterocycles. The third-order valence-corrected chi connectivity index (χ3v) is 3.88. The highest BCUT2D eigenvalue weighted by molar-refractivity contribution is 5.00. The van der Waals surface area contributed by atoms with Gasteiger partial charge < -0.3 is 10.2 Å². The molecule has 1 heterocycles. The van der Waals surface area contributed by atoms with E-state index in [0.29, 0.717) is 6.04 Å². The molecule has 1 unspecified atom stereocenters. The summed E-state index contributed by atoms with van der Waals surface area (Å²) in [7, 11) is 0. The van der Waals surface area contributed by atoms with E-state index in [1.165, 1.54) is 25.1 Å². The zero-order chi connectivity index (χ0) is 14.8. The Morgan fingerprint density at radius 2 is 2.05 bits per heavy atom. The summed E-state index contributed by atoms with van der Waals surface area (Å²) >= 11 is 0. The third kappa shape index (κ3) is 6.06. The molecule has 0 saturated carbocycles. The van der Waals surface area contributed by atoms with Crippen LogP contribution in [-0.4, -0.2) is 40.4 Å². The largest absolute Gasteiger partial charge is 0.309 e. The van der Waals surface area contributed by atoms with E-state index in [0.717, 1.165) is 32.6 Å². The Kier molecular flexibility index (Phi) is 8.54. The second-order valence-corrected chi connectivity index (χ2v) is 5.50. The molecule has 4 heteroatoms. The SMILES string of the molecule is CCCn1nccc1CNC(C)CCCN(CC)CC. The van der Waals surface area contributed by atoms with Crippen LogP contribution < -0.4 is 5.32 Å². The molecule has 1 atom stereocenters. The Balaban J connectivity index is 2.22. The van der Waals surface area contributed by atoms with Crippen LogP contribution in [0, 0.1) is 0 Å². The number of rotatable bonds is 11. The molecule has 1 rings (SSSR count). The van der Waals surface area contributed by atoms with Gasteiger partial charge in [0.25, 0.3) is 0 Å². The van der Waals surface area contributed by atoms with Crippen molar-refractivity contribution in [2.45, 2.75) is 66.1 Å². The van der Waals surface area contributed by atoms with Crippen LogP contribution in [-0.2, 0) is 13.1 Å². The van der Waals surface area contributed by atoms with E-state index in [2.05, 4.69) is 53.8 Å². The molecule has 0 spiro atoms. The summed E-state index contributed by atoms with van der Waals surface area (Å²) < 4.78 is 2.11. The van der Waals surface area contributed by atoms with E-state index in [4.69, 9.17) is 0 Å². The van der Waals surface area contributed by atoms with Gasteiger partial charge in [0.15, 0.2) is 0 Å². The molecule has 0 aliphatic carbocycles. The maximum Gasteiger partial charge on any atom is 0.0522 e. The fourth-order valence-corrected chi connectivity index (χ4v) is 2.47. The van der Waals surface area contributed by atoms with Crippen molar-refractivity contribution in [3.63, 3.8) is 0 Å². The number of aryl methyl sites for hydroxylation is 1. The molecule has 0 saturated heterocycles. The van der Waals surface area contributed by atoms with Gasteiger partial charge in [-0.1, -0.05) is 20.8 Å². The zero-order valence-corrected chi connectivity index (χ0v) is 13.7. The maximum atomic E-state index is 4.36. The van der Waals surface area contributed by atoms with Crippen LogP contribution in [0.4, 0.5) is 0 Å². The van der Waals surface area contributed by atoms with Gasteiger partial charge in [-0.2, -0.15) is 5.10 Å². The third-order valence-electron chi connectivity index (χ3n) is 3.88. The summed E-state index contributed by atoms with van der Waals surface area (Å²) in [5.74, 6) is 0. The van der Waals surface area contributed by atoms with Gasteiger partial charge in [0.05, 0.1) is 5.69 Å². The highest BCUT2D eigenvalue weighted by Gasteiger charge is 2.06. The minimum atomic E-state index is 0.565. The average Bonchev–Trinajstić information content (AvgIpc) is 2.89. The number of hydrogen-bond acceptors (Lipinski definition) is 3. The molecule has 1 aromatic rings. The van der Waals surface area contributed by atoms with Crippen molar-refractivity contribution in [1.29, 1.82) is 0 Å². The number of aromatic nitrogens is 2. The number of nitrogens with one attached hydrogen (secondary N) is 1. The van der Waals surface area contributed by atoms with Gasteiger partial charge in [0.2, 0.25) is 0 Å². The average molecular weight is 280 g/mol. The molecular weight excluding hydrogens is 248 g/mol. The first kappa shape index (κ1) is 17.2. The second-order valence-electron chi connectivity index (χ2n) is 5.50. The first-order valence-electron chi connectivity index (χ1n) is 8.17. The lowest BCUT2D eigenvalue weighted by Gasteiger charge is -2.20. The molecule has 0 aliphatic heterocycles. The topological polar surface area (TPSA) is 33.1 Å². The summed E-state index contributed by atoms with van der Waals surface area (Å²) in [5, 5.41) is 7.98. The van der Waals surface area contributed by atoms with Gasteiger partial charge in [0, 0.05) is 25.3 Å². The van der Waals surface area contributed by atoms with Crippen molar-refractivity contribution >= 4 is 0 Å². The molecule has 0 fully saturated rings. The van der Waals surface area contributed by atoms with Crippen molar-refractivity contribution in [3.8, 4) is 0 Å². The van der Waals surface area contributed by atoms with Crippen LogP contribution >= 0.6 is 0 Å². The van der Waals surface area contributed by atoms with Crippen LogP contribution in [0.15, 0.2) is 12.3 Å². The number of nitrogens with zero attached hydrogens (tertiary/aromatic N) is 3. The molecule has 20 heavy (non-hydrogen) atoms. The standard InChI is InChI=1S/C16H32N4/c1-5-12-20-16(10-11-18-20)14-17-15(4)9-8-13-19(6-2)7-3/h10-11,15,17H,5-9,12-14H2,1-4H3. The Hall–Kier alpha value is -0.870. The molecule has 4 nitrogen and oxygen atoms in total. The van der Waals surface area contributed by atoms with Crippen molar-refractivity contribution in [2.24, 2.45) is 0 Å². The number of hydrogen-bond donors (Lipinski definition) is 1.